The Balaban J connectivity index is 1.79. The van der Waals surface area contributed by atoms with Gasteiger partial charge in [0, 0.05) is 11.4 Å². The van der Waals surface area contributed by atoms with Gasteiger partial charge in [-0.15, -0.1) is 0 Å². The highest BCUT2D eigenvalue weighted by Gasteiger charge is 2.02. The summed E-state index contributed by atoms with van der Waals surface area (Å²) >= 11 is 0. The predicted octanol–water partition coefficient (Wildman–Crippen LogP) is 4.00. The Morgan fingerprint density at radius 3 is 2.26 bits per heavy atom. The fraction of sp³-hybridized carbons (Fsp3) is 0.211. The first-order valence-electron chi connectivity index (χ1n) is 7.50. The molecule has 0 aromatic heterocycles. The molecule has 1 amide bonds. The molecule has 4 nitrogen and oxygen atoms in total. The molecule has 2 aromatic rings. The highest BCUT2D eigenvalue weighted by Crippen LogP contribution is 2.16. The van der Waals surface area contributed by atoms with Crippen molar-refractivity contribution in [3.8, 4) is 5.75 Å². The van der Waals surface area contributed by atoms with E-state index in [1.54, 1.807) is 0 Å². The van der Waals surface area contributed by atoms with Crippen LogP contribution in [0.3, 0.4) is 0 Å². The van der Waals surface area contributed by atoms with Gasteiger partial charge in [-0.25, -0.2) is 0 Å². The first-order chi connectivity index (χ1) is 11.0. The molecule has 120 valence electrons. The van der Waals surface area contributed by atoms with E-state index in [1.165, 1.54) is 0 Å². The molecular formula is C19H22N2O2. The lowest BCUT2D eigenvalue weighted by Gasteiger charge is -2.09. The summed E-state index contributed by atoms with van der Waals surface area (Å²) in [6.07, 6.45) is 0. The van der Waals surface area contributed by atoms with Gasteiger partial charge in [0.25, 0.3) is 0 Å². The van der Waals surface area contributed by atoms with Crippen molar-refractivity contribution in [2.45, 2.75) is 13.8 Å². The van der Waals surface area contributed by atoms with Crippen LogP contribution in [0.15, 0.2) is 60.7 Å². The monoisotopic (exact) mass is 310 g/mol. The molecule has 2 rings (SSSR count). The number of amides is 1. The summed E-state index contributed by atoms with van der Waals surface area (Å²) in [6, 6.07) is 15.2. The van der Waals surface area contributed by atoms with Crippen molar-refractivity contribution < 1.29 is 9.53 Å². The van der Waals surface area contributed by atoms with E-state index in [0.717, 1.165) is 28.3 Å². The Morgan fingerprint density at radius 2 is 1.65 bits per heavy atom. The van der Waals surface area contributed by atoms with Gasteiger partial charge in [-0.3, -0.25) is 4.79 Å². The van der Waals surface area contributed by atoms with Crippen LogP contribution < -0.4 is 15.4 Å². The number of ether oxygens (including phenoxy) is 1. The van der Waals surface area contributed by atoms with E-state index >= 15 is 0 Å². The molecule has 0 saturated heterocycles. The molecule has 0 bridgehead atoms. The fourth-order valence-corrected chi connectivity index (χ4v) is 1.90. The highest BCUT2D eigenvalue weighted by molar-refractivity contribution is 5.93. The summed E-state index contributed by atoms with van der Waals surface area (Å²) in [5, 5.41) is 5.93. The number of hydrogen-bond acceptors (Lipinski definition) is 3. The number of hydrogen-bond donors (Lipinski definition) is 2. The highest BCUT2D eigenvalue weighted by atomic mass is 16.5. The van der Waals surface area contributed by atoms with Crippen molar-refractivity contribution >= 4 is 17.3 Å². The Hall–Kier alpha value is -2.75. The number of rotatable bonds is 7. The Morgan fingerprint density at radius 1 is 1.04 bits per heavy atom. The zero-order valence-corrected chi connectivity index (χ0v) is 13.6. The van der Waals surface area contributed by atoms with Crippen molar-refractivity contribution in [1.29, 1.82) is 0 Å². The van der Waals surface area contributed by atoms with Gasteiger partial charge in [0.15, 0.2) is 0 Å². The third kappa shape index (κ3) is 5.87. The van der Waals surface area contributed by atoms with Gasteiger partial charge < -0.3 is 15.4 Å². The van der Waals surface area contributed by atoms with E-state index in [2.05, 4.69) is 17.2 Å². The largest absolute Gasteiger partial charge is 0.489 e. The number of benzene rings is 2. The molecule has 2 aromatic carbocycles. The molecule has 0 unspecified atom stereocenters. The smallest absolute Gasteiger partial charge is 0.243 e. The minimum absolute atomic E-state index is 0.0866. The minimum atomic E-state index is -0.0866. The molecule has 0 saturated carbocycles. The lowest BCUT2D eigenvalue weighted by atomic mass is 10.2. The van der Waals surface area contributed by atoms with Crippen molar-refractivity contribution in [3.05, 3.63) is 66.2 Å². The zero-order chi connectivity index (χ0) is 16.7. The van der Waals surface area contributed by atoms with E-state index in [9.17, 15) is 4.79 Å². The molecule has 0 aliphatic carbocycles. The SMILES string of the molecule is C=C(C)COc1ccc(NCC(=O)Nc2ccc(C)cc2)cc1. The number of nitrogens with one attached hydrogen (secondary N) is 2. The van der Waals surface area contributed by atoms with E-state index in [-0.39, 0.29) is 12.5 Å². The van der Waals surface area contributed by atoms with Crippen LogP contribution in [0.4, 0.5) is 11.4 Å². The van der Waals surface area contributed by atoms with Crippen molar-refractivity contribution in [2.75, 3.05) is 23.8 Å². The molecule has 0 aliphatic rings. The van der Waals surface area contributed by atoms with Gasteiger partial charge in [0.2, 0.25) is 5.91 Å². The lowest BCUT2D eigenvalue weighted by molar-refractivity contribution is -0.114. The average Bonchev–Trinajstić information content (AvgIpc) is 2.54. The normalized spacial score (nSPS) is 10.0. The van der Waals surface area contributed by atoms with Crippen LogP contribution >= 0.6 is 0 Å². The molecule has 0 radical (unpaired) electrons. The number of carbonyl (C=O) groups is 1. The average molecular weight is 310 g/mol. The Bertz CT molecular complexity index is 661. The molecule has 0 spiro atoms. The molecule has 0 atom stereocenters. The maximum Gasteiger partial charge on any atom is 0.243 e. The second-order valence-electron chi connectivity index (χ2n) is 5.54. The molecule has 2 N–H and O–H groups in total. The first kappa shape index (κ1) is 16.6. The zero-order valence-electron chi connectivity index (χ0n) is 13.6. The summed E-state index contributed by atoms with van der Waals surface area (Å²) in [5.74, 6) is 0.694. The summed E-state index contributed by atoms with van der Waals surface area (Å²) in [6.45, 7) is 8.44. The molecule has 0 aliphatic heterocycles. The van der Waals surface area contributed by atoms with E-state index < -0.39 is 0 Å². The van der Waals surface area contributed by atoms with Crippen LogP contribution in [0.5, 0.6) is 5.75 Å². The number of carbonyl (C=O) groups excluding carboxylic acids is 1. The summed E-state index contributed by atoms with van der Waals surface area (Å²) < 4.78 is 5.53. The van der Waals surface area contributed by atoms with Gasteiger partial charge in [-0.2, -0.15) is 0 Å². The van der Waals surface area contributed by atoms with Crippen LogP contribution in [-0.2, 0) is 4.79 Å². The molecule has 0 heterocycles. The number of anilines is 2. The maximum absolute atomic E-state index is 11.9. The van der Waals surface area contributed by atoms with Crippen molar-refractivity contribution in [2.24, 2.45) is 0 Å². The van der Waals surface area contributed by atoms with Gasteiger partial charge in [0.05, 0.1) is 6.54 Å². The van der Waals surface area contributed by atoms with Crippen LogP contribution in [0.2, 0.25) is 0 Å². The Kier molecular flexibility index (Phi) is 5.80. The fourth-order valence-electron chi connectivity index (χ4n) is 1.90. The van der Waals surface area contributed by atoms with Crippen molar-refractivity contribution in [1.82, 2.24) is 0 Å². The quantitative estimate of drug-likeness (QED) is 0.760. The molecule has 23 heavy (non-hydrogen) atoms. The van der Waals surface area contributed by atoms with Crippen LogP contribution in [-0.4, -0.2) is 19.1 Å². The third-order valence-corrected chi connectivity index (χ3v) is 3.13. The maximum atomic E-state index is 11.9. The predicted molar refractivity (Wildman–Crippen MR) is 95.0 cm³/mol. The third-order valence-electron chi connectivity index (χ3n) is 3.13. The standard InChI is InChI=1S/C19H22N2O2/c1-14(2)13-23-18-10-8-16(9-11-18)20-12-19(22)21-17-6-4-15(3)5-7-17/h4-11,20H,1,12-13H2,2-3H3,(H,21,22). The topological polar surface area (TPSA) is 50.4 Å². The van der Waals surface area contributed by atoms with Gasteiger partial charge >= 0.3 is 0 Å². The summed E-state index contributed by atoms with van der Waals surface area (Å²) in [5.41, 5.74) is 3.80. The second kappa shape index (κ2) is 8.03. The van der Waals surface area contributed by atoms with Crippen LogP contribution in [0, 0.1) is 6.92 Å². The van der Waals surface area contributed by atoms with Gasteiger partial charge in [-0.1, -0.05) is 24.3 Å². The second-order valence-corrected chi connectivity index (χ2v) is 5.54. The van der Waals surface area contributed by atoms with E-state index in [4.69, 9.17) is 4.74 Å². The minimum Gasteiger partial charge on any atom is -0.489 e. The molecule has 0 fully saturated rings. The van der Waals surface area contributed by atoms with Crippen LogP contribution in [0.1, 0.15) is 12.5 Å². The molecule has 4 heteroatoms. The lowest BCUT2D eigenvalue weighted by Crippen LogP contribution is -2.21. The first-order valence-corrected chi connectivity index (χ1v) is 7.50. The molecular weight excluding hydrogens is 288 g/mol. The number of aryl methyl sites for hydroxylation is 1. The van der Waals surface area contributed by atoms with Crippen LogP contribution in [0.25, 0.3) is 0 Å². The Labute approximate surface area is 137 Å². The van der Waals surface area contributed by atoms with Gasteiger partial charge in [0.1, 0.15) is 12.4 Å². The summed E-state index contributed by atoms with van der Waals surface area (Å²) in [7, 11) is 0. The van der Waals surface area contributed by atoms with Crippen molar-refractivity contribution in [3.63, 3.8) is 0 Å². The summed E-state index contributed by atoms with van der Waals surface area (Å²) in [4.78, 5) is 11.9. The van der Waals surface area contributed by atoms with E-state index in [0.29, 0.717) is 6.61 Å². The van der Waals surface area contributed by atoms with E-state index in [1.807, 2.05) is 62.4 Å². The van der Waals surface area contributed by atoms with Gasteiger partial charge in [-0.05, 0) is 55.8 Å².